The molecule has 0 aliphatic rings. The quantitative estimate of drug-likeness (QED) is 0.812. The summed E-state index contributed by atoms with van der Waals surface area (Å²) in [5.74, 6) is 0.968. The van der Waals surface area contributed by atoms with E-state index in [2.05, 4.69) is 45.1 Å². The van der Waals surface area contributed by atoms with Crippen LogP contribution < -0.4 is 10.1 Å². The molecule has 0 unspecified atom stereocenters. The molecule has 2 nitrogen and oxygen atoms in total. The lowest BCUT2D eigenvalue weighted by molar-refractivity contribution is 0.350. The molecule has 0 bridgehead atoms. The molecule has 17 heavy (non-hydrogen) atoms. The molecule has 0 spiro atoms. The minimum absolute atomic E-state index is 0.184. The third-order valence-electron chi connectivity index (χ3n) is 3.07. The van der Waals surface area contributed by atoms with E-state index in [1.54, 1.807) is 7.11 Å². The van der Waals surface area contributed by atoms with Gasteiger partial charge >= 0.3 is 0 Å². The molecule has 1 aromatic rings. The Morgan fingerprint density at radius 3 is 2.59 bits per heavy atom. The van der Waals surface area contributed by atoms with Gasteiger partial charge in [0.15, 0.2) is 0 Å². The highest BCUT2D eigenvalue weighted by atomic mass is 16.5. The van der Waals surface area contributed by atoms with E-state index in [0.717, 1.165) is 12.3 Å². The topological polar surface area (TPSA) is 21.3 Å². The predicted octanol–water partition coefficient (Wildman–Crippen LogP) is 3.67. The van der Waals surface area contributed by atoms with Crippen LogP contribution in [0.1, 0.15) is 44.7 Å². The first-order valence-electron chi connectivity index (χ1n) is 6.37. The number of methoxy groups -OCH3 is 1. The fourth-order valence-corrected chi connectivity index (χ4v) is 2.09. The molecule has 1 aromatic carbocycles. The van der Waals surface area contributed by atoms with Gasteiger partial charge in [0.05, 0.1) is 7.11 Å². The molecule has 0 saturated heterocycles. The Balaban J connectivity index is 2.71. The number of rotatable bonds is 6. The summed E-state index contributed by atoms with van der Waals surface area (Å²) in [5.41, 5.74) is 2.69. The summed E-state index contributed by atoms with van der Waals surface area (Å²) < 4.78 is 5.39. The standard InChI is InChI=1S/C15H25NO/c1-6-9-15(3,4)16-11-13-10-12(2)7-8-14(13)17-5/h7-8,10,16H,6,9,11H2,1-5H3. The number of hydrogen-bond donors (Lipinski definition) is 1. The molecular formula is C15H25NO. The van der Waals surface area contributed by atoms with Crippen molar-refractivity contribution in [1.82, 2.24) is 5.32 Å². The van der Waals surface area contributed by atoms with Gasteiger partial charge in [-0.2, -0.15) is 0 Å². The molecule has 0 fully saturated rings. The van der Waals surface area contributed by atoms with Gasteiger partial charge in [0, 0.05) is 17.6 Å². The van der Waals surface area contributed by atoms with Crippen molar-refractivity contribution in [3.05, 3.63) is 29.3 Å². The fourth-order valence-electron chi connectivity index (χ4n) is 2.09. The normalized spacial score (nSPS) is 11.6. The zero-order valence-electron chi connectivity index (χ0n) is 11.8. The molecule has 2 heteroatoms. The fraction of sp³-hybridized carbons (Fsp3) is 0.600. The molecule has 0 aliphatic heterocycles. The van der Waals surface area contributed by atoms with Gasteiger partial charge in [0.25, 0.3) is 0 Å². The Bertz CT molecular complexity index is 358. The van der Waals surface area contributed by atoms with E-state index < -0.39 is 0 Å². The average molecular weight is 235 g/mol. The Kier molecular flexibility index (Phi) is 5.01. The lowest BCUT2D eigenvalue weighted by Gasteiger charge is -2.26. The maximum atomic E-state index is 5.39. The average Bonchev–Trinajstić information content (AvgIpc) is 2.27. The molecule has 0 heterocycles. The van der Waals surface area contributed by atoms with Crippen molar-refractivity contribution >= 4 is 0 Å². The second-order valence-corrected chi connectivity index (χ2v) is 5.30. The molecule has 0 aliphatic carbocycles. The summed E-state index contributed by atoms with van der Waals surface area (Å²) in [5, 5.41) is 3.60. The Labute approximate surface area is 105 Å². The van der Waals surface area contributed by atoms with Crippen LogP contribution in [-0.2, 0) is 6.54 Å². The third kappa shape index (κ3) is 4.39. The van der Waals surface area contributed by atoms with Gasteiger partial charge < -0.3 is 10.1 Å². The van der Waals surface area contributed by atoms with E-state index in [1.807, 2.05) is 6.07 Å². The minimum atomic E-state index is 0.184. The Morgan fingerprint density at radius 1 is 1.29 bits per heavy atom. The monoisotopic (exact) mass is 235 g/mol. The number of ether oxygens (including phenoxy) is 1. The van der Waals surface area contributed by atoms with E-state index in [0.29, 0.717) is 0 Å². The highest BCUT2D eigenvalue weighted by molar-refractivity contribution is 5.36. The van der Waals surface area contributed by atoms with Gasteiger partial charge in [0.2, 0.25) is 0 Å². The van der Waals surface area contributed by atoms with E-state index in [4.69, 9.17) is 4.74 Å². The summed E-state index contributed by atoms with van der Waals surface area (Å²) in [6.07, 6.45) is 2.38. The first kappa shape index (κ1) is 14.0. The van der Waals surface area contributed by atoms with Crippen LogP contribution in [-0.4, -0.2) is 12.6 Å². The van der Waals surface area contributed by atoms with Gasteiger partial charge in [-0.25, -0.2) is 0 Å². The maximum Gasteiger partial charge on any atom is 0.123 e. The second-order valence-electron chi connectivity index (χ2n) is 5.30. The molecule has 1 rings (SSSR count). The SMILES string of the molecule is CCCC(C)(C)NCc1cc(C)ccc1OC. The summed E-state index contributed by atoms with van der Waals surface area (Å²) in [4.78, 5) is 0. The summed E-state index contributed by atoms with van der Waals surface area (Å²) in [6.45, 7) is 9.69. The smallest absolute Gasteiger partial charge is 0.123 e. The van der Waals surface area contributed by atoms with Crippen molar-refractivity contribution in [3.8, 4) is 5.75 Å². The van der Waals surface area contributed by atoms with E-state index in [1.165, 1.54) is 24.0 Å². The van der Waals surface area contributed by atoms with Gasteiger partial charge in [0.1, 0.15) is 5.75 Å². The minimum Gasteiger partial charge on any atom is -0.496 e. The van der Waals surface area contributed by atoms with Gasteiger partial charge in [-0.1, -0.05) is 31.0 Å². The van der Waals surface area contributed by atoms with Crippen LogP contribution in [0.4, 0.5) is 0 Å². The van der Waals surface area contributed by atoms with Gasteiger partial charge in [-0.05, 0) is 33.3 Å². The van der Waals surface area contributed by atoms with Crippen LogP contribution in [0, 0.1) is 6.92 Å². The van der Waals surface area contributed by atoms with Crippen LogP contribution in [0.3, 0.4) is 0 Å². The van der Waals surface area contributed by atoms with Crippen molar-refractivity contribution in [2.24, 2.45) is 0 Å². The number of benzene rings is 1. The number of nitrogens with one attached hydrogen (secondary N) is 1. The van der Waals surface area contributed by atoms with E-state index in [-0.39, 0.29) is 5.54 Å². The van der Waals surface area contributed by atoms with Crippen LogP contribution in [0.2, 0.25) is 0 Å². The van der Waals surface area contributed by atoms with E-state index in [9.17, 15) is 0 Å². The zero-order valence-corrected chi connectivity index (χ0v) is 11.8. The lowest BCUT2D eigenvalue weighted by atomic mass is 9.98. The highest BCUT2D eigenvalue weighted by Gasteiger charge is 2.16. The summed E-state index contributed by atoms with van der Waals surface area (Å²) in [6, 6.07) is 6.31. The Morgan fingerprint density at radius 2 is 2.00 bits per heavy atom. The molecule has 1 N–H and O–H groups in total. The van der Waals surface area contributed by atoms with Gasteiger partial charge in [-0.15, -0.1) is 0 Å². The third-order valence-corrected chi connectivity index (χ3v) is 3.07. The van der Waals surface area contributed by atoms with Crippen molar-refractivity contribution < 1.29 is 4.74 Å². The Hall–Kier alpha value is -1.02. The molecule has 0 aromatic heterocycles. The predicted molar refractivity (Wildman–Crippen MR) is 73.6 cm³/mol. The van der Waals surface area contributed by atoms with Crippen LogP contribution in [0.15, 0.2) is 18.2 Å². The van der Waals surface area contributed by atoms with E-state index >= 15 is 0 Å². The van der Waals surface area contributed by atoms with Crippen molar-refractivity contribution in [2.45, 2.75) is 52.6 Å². The molecular weight excluding hydrogens is 210 g/mol. The maximum absolute atomic E-state index is 5.39. The zero-order chi connectivity index (χ0) is 12.9. The number of hydrogen-bond acceptors (Lipinski definition) is 2. The largest absolute Gasteiger partial charge is 0.496 e. The van der Waals surface area contributed by atoms with Gasteiger partial charge in [-0.3, -0.25) is 0 Å². The molecule has 0 amide bonds. The molecule has 0 saturated carbocycles. The van der Waals surface area contributed by atoms with Crippen molar-refractivity contribution in [2.75, 3.05) is 7.11 Å². The van der Waals surface area contributed by atoms with Crippen molar-refractivity contribution in [3.63, 3.8) is 0 Å². The molecule has 0 radical (unpaired) electrons. The first-order valence-corrected chi connectivity index (χ1v) is 6.37. The van der Waals surface area contributed by atoms with Crippen LogP contribution in [0.5, 0.6) is 5.75 Å². The lowest BCUT2D eigenvalue weighted by Crippen LogP contribution is -2.38. The number of aryl methyl sites for hydroxylation is 1. The van der Waals surface area contributed by atoms with Crippen LogP contribution >= 0.6 is 0 Å². The summed E-state index contributed by atoms with van der Waals surface area (Å²) in [7, 11) is 1.73. The first-order chi connectivity index (χ1) is 7.98. The van der Waals surface area contributed by atoms with Crippen LogP contribution in [0.25, 0.3) is 0 Å². The highest BCUT2D eigenvalue weighted by Crippen LogP contribution is 2.21. The summed E-state index contributed by atoms with van der Waals surface area (Å²) >= 11 is 0. The molecule has 96 valence electrons. The van der Waals surface area contributed by atoms with Crippen molar-refractivity contribution in [1.29, 1.82) is 0 Å². The molecule has 0 atom stereocenters. The second kappa shape index (κ2) is 6.06.